The van der Waals surface area contributed by atoms with Crippen molar-refractivity contribution in [2.75, 3.05) is 0 Å². The van der Waals surface area contributed by atoms with Gasteiger partial charge in [0.2, 0.25) is 0 Å². The molecule has 0 spiro atoms. The van der Waals surface area contributed by atoms with Crippen molar-refractivity contribution in [3.05, 3.63) is 82.1 Å². The van der Waals surface area contributed by atoms with Crippen molar-refractivity contribution in [3.63, 3.8) is 0 Å². The topological polar surface area (TPSA) is 20.2 Å². The van der Waals surface area contributed by atoms with Gasteiger partial charge in [-0.15, -0.1) is 0 Å². The van der Waals surface area contributed by atoms with Gasteiger partial charge in [0.05, 0.1) is 10.6 Å². The Morgan fingerprint density at radius 1 is 0.952 bits per heavy atom. The van der Waals surface area contributed by atoms with Crippen LogP contribution >= 0.6 is 15.9 Å². The number of fused-ring (bicyclic) bond motifs is 1. The standard InChI is InChI=1S/C18H14BrFO/c19-16-7-3-6-15(18(16)20)17(21)11-12-8-9-13-4-1-2-5-14(13)10-12/h1-10,17,21H,11H2. The highest BCUT2D eigenvalue weighted by atomic mass is 79.9. The number of benzene rings is 3. The average molecular weight is 345 g/mol. The molecule has 0 fully saturated rings. The second kappa shape index (κ2) is 5.96. The molecule has 3 rings (SSSR count). The fraction of sp³-hybridized carbons (Fsp3) is 0.111. The average Bonchev–Trinajstić information content (AvgIpc) is 2.50. The molecule has 1 nitrogen and oxygen atoms in total. The van der Waals surface area contributed by atoms with Crippen LogP contribution in [0.1, 0.15) is 17.2 Å². The summed E-state index contributed by atoms with van der Waals surface area (Å²) >= 11 is 3.15. The van der Waals surface area contributed by atoms with Crippen LogP contribution in [0.4, 0.5) is 4.39 Å². The van der Waals surface area contributed by atoms with E-state index in [0.717, 1.165) is 16.3 Å². The lowest BCUT2D eigenvalue weighted by molar-refractivity contribution is 0.173. The Labute approximate surface area is 131 Å². The molecule has 1 N–H and O–H groups in total. The monoisotopic (exact) mass is 344 g/mol. The summed E-state index contributed by atoms with van der Waals surface area (Å²) in [4.78, 5) is 0. The highest BCUT2D eigenvalue weighted by Crippen LogP contribution is 2.27. The van der Waals surface area contributed by atoms with Gasteiger partial charge in [-0.25, -0.2) is 4.39 Å². The maximum absolute atomic E-state index is 14.0. The molecule has 1 atom stereocenters. The van der Waals surface area contributed by atoms with Crippen LogP contribution in [0.15, 0.2) is 65.1 Å². The smallest absolute Gasteiger partial charge is 0.143 e. The van der Waals surface area contributed by atoms with E-state index in [9.17, 15) is 9.50 Å². The van der Waals surface area contributed by atoms with E-state index in [1.54, 1.807) is 18.2 Å². The third-order valence-electron chi connectivity index (χ3n) is 3.58. The molecule has 0 aliphatic carbocycles. The van der Waals surface area contributed by atoms with Crippen LogP contribution in [0, 0.1) is 5.82 Å². The van der Waals surface area contributed by atoms with E-state index in [0.29, 0.717) is 16.5 Å². The van der Waals surface area contributed by atoms with E-state index in [1.165, 1.54) is 0 Å². The van der Waals surface area contributed by atoms with Crippen LogP contribution in [0.25, 0.3) is 10.8 Å². The zero-order valence-corrected chi connectivity index (χ0v) is 12.8. The molecule has 0 bridgehead atoms. The van der Waals surface area contributed by atoms with Crippen molar-refractivity contribution in [2.24, 2.45) is 0 Å². The van der Waals surface area contributed by atoms with Gasteiger partial charge >= 0.3 is 0 Å². The number of aliphatic hydroxyl groups excluding tert-OH is 1. The fourth-order valence-corrected chi connectivity index (χ4v) is 2.86. The summed E-state index contributed by atoms with van der Waals surface area (Å²) in [5.74, 6) is -0.397. The van der Waals surface area contributed by atoms with Crippen LogP contribution in [-0.4, -0.2) is 5.11 Å². The molecule has 0 saturated carbocycles. The summed E-state index contributed by atoms with van der Waals surface area (Å²) in [6, 6.07) is 19.1. The van der Waals surface area contributed by atoms with Crippen molar-refractivity contribution in [1.29, 1.82) is 0 Å². The summed E-state index contributed by atoms with van der Waals surface area (Å²) < 4.78 is 14.4. The lowest BCUT2D eigenvalue weighted by atomic mass is 9.99. The van der Waals surface area contributed by atoms with Crippen molar-refractivity contribution in [1.82, 2.24) is 0 Å². The van der Waals surface area contributed by atoms with E-state index < -0.39 is 11.9 Å². The third-order valence-corrected chi connectivity index (χ3v) is 4.20. The zero-order valence-electron chi connectivity index (χ0n) is 11.3. The third kappa shape index (κ3) is 2.99. The zero-order chi connectivity index (χ0) is 14.8. The summed E-state index contributed by atoms with van der Waals surface area (Å²) in [5.41, 5.74) is 1.30. The lowest BCUT2D eigenvalue weighted by Gasteiger charge is -2.13. The van der Waals surface area contributed by atoms with Gasteiger partial charge in [-0.05, 0) is 38.3 Å². The van der Waals surface area contributed by atoms with Crippen LogP contribution in [-0.2, 0) is 6.42 Å². The van der Waals surface area contributed by atoms with Gasteiger partial charge in [0.1, 0.15) is 5.82 Å². The van der Waals surface area contributed by atoms with Crippen LogP contribution in [0.3, 0.4) is 0 Å². The highest BCUT2D eigenvalue weighted by molar-refractivity contribution is 9.10. The Morgan fingerprint density at radius 2 is 1.71 bits per heavy atom. The first kappa shape index (κ1) is 14.2. The fourth-order valence-electron chi connectivity index (χ4n) is 2.48. The van der Waals surface area contributed by atoms with Gasteiger partial charge in [0.15, 0.2) is 0 Å². The Balaban J connectivity index is 1.89. The Morgan fingerprint density at radius 3 is 2.52 bits per heavy atom. The van der Waals surface area contributed by atoms with Crippen molar-refractivity contribution < 1.29 is 9.50 Å². The van der Waals surface area contributed by atoms with Crippen molar-refractivity contribution >= 4 is 26.7 Å². The number of aliphatic hydroxyl groups is 1. The molecule has 0 aliphatic heterocycles. The molecular formula is C18H14BrFO. The minimum atomic E-state index is -0.858. The molecule has 3 aromatic carbocycles. The second-order valence-electron chi connectivity index (χ2n) is 5.04. The normalized spacial score (nSPS) is 12.5. The molecular weight excluding hydrogens is 331 g/mol. The van der Waals surface area contributed by atoms with E-state index in [2.05, 4.69) is 15.9 Å². The molecule has 0 aromatic heterocycles. The highest BCUT2D eigenvalue weighted by Gasteiger charge is 2.15. The molecule has 0 saturated heterocycles. The Kier molecular flexibility index (Phi) is 4.04. The second-order valence-corrected chi connectivity index (χ2v) is 5.90. The minimum Gasteiger partial charge on any atom is -0.388 e. The maximum atomic E-state index is 14.0. The van der Waals surface area contributed by atoms with E-state index in [4.69, 9.17) is 0 Å². The summed E-state index contributed by atoms with van der Waals surface area (Å²) in [5, 5.41) is 12.6. The molecule has 0 heterocycles. The Bertz CT molecular complexity index is 785. The van der Waals surface area contributed by atoms with Gasteiger partial charge in [-0.3, -0.25) is 0 Å². The van der Waals surface area contributed by atoms with Crippen molar-refractivity contribution in [2.45, 2.75) is 12.5 Å². The maximum Gasteiger partial charge on any atom is 0.143 e. The predicted molar refractivity (Wildman–Crippen MR) is 86.7 cm³/mol. The number of hydrogen-bond acceptors (Lipinski definition) is 1. The first-order valence-corrected chi connectivity index (χ1v) is 7.54. The van der Waals surface area contributed by atoms with Gasteiger partial charge in [0.25, 0.3) is 0 Å². The molecule has 3 aromatic rings. The lowest BCUT2D eigenvalue weighted by Crippen LogP contribution is -2.04. The molecule has 0 radical (unpaired) electrons. The van der Waals surface area contributed by atoms with E-state index in [-0.39, 0.29) is 0 Å². The summed E-state index contributed by atoms with van der Waals surface area (Å²) in [6.45, 7) is 0. The number of halogens is 2. The number of rotatable bonds is 3. The molecule has 3 heteroatoms. The number of hydrogen-bond donors (Lipinski definition) is 1. The predicted octanol–water partition coefficient (Wildman–Crippen LogP) is 5.02. The Hall–Kier alpha value is -1.71. The molecule has 0 amide bonds. The molecule has 1 unspecified atom stereocenters. The first-order chi connectivity index (χ1) is 10.1. The quantitative estimate of drug-likeness (QED) is 0.707. The van der Waals surface area contributed by atoms with Gasteiger partial charge < -0.3 is 5.11 Å². The molecule has 0 aliphatic rings. The molecule has 21 heavy (non-hydrogen) atoms. The molecule has 106 valence electrons. The summed E-state index contributed by atoms with van der Waals surface area (Å²) in [6.07, 6.45) is -0.471. The van der Waals surface area contributed by atoms with Gasteiger partial charge in [0, 0.05) is 12.0 Å². The summed E-state index contributed by atoms with van der Waals surface area (Å²) in [7, 11) is 0. The van der Waals surface area contributed by atoms with Gasteiger partial charge in [-0.1, -0.05) is 54.6 Å². The van der Waals surface area contributed by atoms with E-state index >= 15 is 0 Å². The van der Waals surface area contributed by atoms with Crippen LogP contribution in [0.5, 0.6) is 0 Å². The van der Waals surface area contributed by atoms with Gasteiger partial charge in [-0.2, -0.15) is 0 Å². The minimum absolute atomic E-state index is 0.317. The van der Waals surface area contributed by atoms with E-state index in [1.807, 2.05) is 42.5 Å². The largest absolute Gasteiger partial charge is 0.388 e. The van der Waals surface area contributed by atoms with Crippen LogP contribution < -0.4 is 0 Å². The van der Waals surface area contributed by atoms with Crippen LogP contribution in [0.2, 0.25) is 0 Å². The first-order valence-electron chi connectivity index (χ1n) is 6.75. The van der Waals surface area contributed by atoms with Crippen molar-refractivity contribution in [3.8, 4) is 0 Å². The SMILES string of the molecule is OC(Cc1ccc2ccccc2c1)c1cccc(Br)c1F.